The number of hydrogen-bond donors (Lipinski definition) is 1. The summed E-state index contributed by atoms with van der Waals surface area (Å²) in [5.74, 6) is 1.55. The molecule has 2 heteroatoms. The molecule has 3 rings (SSSR count). The minimum atomic E-state index is -0.137. The molecular formula is C27H35NO. The fourth-order valence-corrected chi connectivity index (χ4v) is 4.40. The maximum Gasteiger partial charge on any atom is 0.250 e. The zero-order valence-corrected chi connectivity index (χ0v) is 18.0. The average Bonchev–Trinajstić information content (AvgIpc) is 2.75. The highest BCUT2D eigenvalue weighted by molar-refractivity contribution is 6.02. The minimum Gasteiger partial charge on any atom is -0.322 e. The molecule has 0 atom stereocenters. The Labute approximate surface area is 176 Å². The molecule has 0 spiro atoms. The summed E-state index contributed by atoms with van der Waals surface area (Å²) in [6.45, 7) is 7.67. The summed E-state index contributed by atoms with van der Waals surface area (Å²) in [6, 6.07) is 17.1. The van der Waals surface area contributed by atoms with Crippen LogP contribution >= 0.6 is 0 Å². The van der Waals surface area contributed by atoms with Gasteiger partial charge in [-0.1, -0.05) is 75.6 Å². The Hall–Kier alpha value is -2.35. The van der Waals surface area contributed by atoms with E-state index in [-0.39, 0.29) is 5.91 Å². The summed E-state index contributed by atoms with van der Waals surface area (Å²) in [7, 11) is 0. The molecule has 0 aromatic heterocycles. The first-order chi connectivity index (χ1) is 14.1. The van der Waals surface area contributed by atoms with Crippen molar-refractivity contribution >= 4 is 11.6 Å². The molecule has 1 saturated carbocycles. The molecule has 1 aliphatic carbocycles. The van der Waals surface area contributed by atoms with E-state index >= 15 is 0 Å². The third kappa shape index (κ3) is 6.06. The van der Waals surface area contributed by atoms with Crippen LogP contribution in [0.3, 0.4) is 0 Å². The quantitative estimate of drug-likeness (QED) is 0.363. The van der Waals surface area contributed by atoms with Crippen LogP contribution in [0.25, 0.3) is 11.1 Å². The van der Waals surface area contributed by atoms with Gasteiger partial charge in [0, 0.05) is 11.3 Å². The van der Waals surface area contributed by atoms with E-state index in [1.54, 1.807) is 6.92 Å². The Morgan fingerprint density at radius 3 is 2.07 bits per heavy atom. The molecule has 1 aliphatic rings. The molecule has 0 aliphatic heterocycles. The Balaban J connectivity index is 1.55. The van der Waals surface area contributed by atoms with Crippen molar-refractivity contribution in [2.75, 3.05) is 5.32 Å². The predicted octanol–water partition coefficient (Wildman–Crippen LogP) is 7.72. The molecule has 2 nitrogen and oxygen atoms in total. The third-order valence-corrected chi connectivity index (χ3v) is 6.31. The molecule has 2 aromatic carbocycles. The van der Waals surface area contributed by atoms with E-state index in [1.165, 1.54) is 68.1 Å². The van der Waals surface area contributed by atoms with Gasteiger partial charge in [-0.3, -0.25) is 4.79 Å². The van der Waals surface area contributed by atoms with Gasteiger partial charge in [-0.2, -0.15) is 0 Å². The number of benzene rings is 2. The van der Waals surface area contributed by atoms with Gasteiger partial charge in [-0.25, -0.2) is 0 Å². The van der Waals surface area contributed by atoms with Crippen molar-refractivity contribution in [3.63, 3.8) is 0 Å². The second-order valence-corrected chi connectivity index (χ2v) is 8.65. The number of hydrogen-bond acceptors (Lipinski definition) is 1. The van der Waals surface area contributed by atoms with Crippen LogP contribution in [-0.4, -0.2) is 5.91 Å². The lowest BCUT2D eigenvalue weighted by molar-refractivity contribution is -0.112. The lowest BCUT2D eigenvalue weighted by Crippen LogP contribution is -2.13. The van der Waals surface area contributed by atoms with Gasteiger partial charge in [0.2, 0.25) is 0 Å². The Morgan fingerprint density at radius 2 is 1.52 bits per heavy atom. The molecule has 1 fully saturated rings. The van der Waals surface area contributed by atoms with Crippen LogP contribution in [0.4, 0.5) is 5.69 Å². The molecule has 154 valence electrons. The standard InChI is InChI=1S/C27H35NO/c1-4-5-6-7-21-8-10-22(11-9-21)23-12-14-24(15-13-23)25-16-18-26(19-17-25)28-27(29)20(2)3/h12-19,21-22H,2,4-11H2,1,3H3,(H,28,29). The topological polar surface area (TPSA) is 29.1 Å². The Morgan fingerprint density at radius 1 is 0.931 bits per heavy atom. The van der Waals surface area contributed by atoms with Crippen molar-refractivity contribution < 1.29 is 4.79 Å². The Kier molecular flexibility index (Phi) is 7.69. The molecule has 29 heavy (non-hydrogen) atoms. The number of nitrogens with one attached hydrogen (secondary N) is 1. The number of unbranched alkanes of at least 4 members (excludes halogenated alkanes) is 2. The number of carbonyl (C=O) groups excluding carboxylic acids is 1. The largest absolute Gasteiger partial charge is 0.322 e. The summed E-state index contributed by atoms with van der Waals surface area (Å²) >= 11 is 0. The fraction of sp³-hybridized carbons (Fsp3) is 0.444. The lowest BCUT2D eigenvalue weighted by atomic mass is 9.77. The first kappa shape index (κ1) is 21.4. The highest BCUT2D eigenvalue weighted by Crippen LogP contribution is 2.38. The number of carbonyl (C=O) groups is 1. The molecular weight excluding hydrogens is 354 g/mol. The molecule has 1 N–H and O–H groups in total. The smallest absolute Gasteiger partial charge is 0.250 e. The SMILES string of the molecule is C=C(C)C(=O)Nc1ccc(-c2ccc(C3CCC(CCCCC)CC3)cc2)cc1. The molecule has 0 heterocycles. The second-order valence-electron chi connectivity index (χ2n) is 8.65. The van der Waals surface area contributed by atoms with Crippen molar-refractivity contribution in [1.29, 1.82) is 0 Å². The van der Waals surface area contributed by atoms with Gasteiger partial charge in [-0.15, -0.1) is 0 Å². The number of anilines is 1. The number of amides is 1. The van der Waals surface area contributed by atoms with Crippen molar-refractivity contribution in [2.45, 2.75) is 71.1 Å². The van der Waals surface area contributed by atoms with E-state index in [2.05, 4.69) is 55.2 Å². The van der Waals surface area contributed by atoms with Crippen molar-refractivity contribution in [1.82, 2.24) is 0 Å². The van der Waals surface area contributed by atoms with E-state index in [4.69, 9.17) is 0 Å². The van der Waals surface area contributed by atoms with E-state index in [0.29, 0.717) is 5.57 Å². The van der Waals surface area contributed by atoms with Gasteiger partial charge in [-0.05, 0) is 73.3 Å². The van der Waals surface area contributed by atoms with Crippen LogP contribution in [0.5, 0.6) is 0 Å². The van der Waals surface area contributed by atoms with Crippen LogP contribution in [0, 0.1) is 5.92 Å². The third-order valence-electron chi connectivity index (χ3n) is 6.31. The zero-order chi connectivity index (χ0) is 20.6. The number of rotatable bonds is 8. The predicted molar refractivity (Wildman–Crippen MR) is 124 cm³/mol. The van der Waals surface area contributed by atoms with Crippen molar-refractivity contribution in [3.05, 3.63) is 66.2 Å². The van der Waals surface area contributed by atoms with Gasteiger partial charge in [0.25, 0.3) is 5.91 Å². The average molecular weight is 390 g/mol. The van der Waals surface area contributed by atoms with Crippen LogP contribution in [-0.2, 0) is 4.79 Å². The molecule has 2 aromatic rings. The highest BCUT2D eigenvalue weighted by Gasteiger charge is 2.22. The normalized spacial score (nSPS) is 19.0. The monoisotopic (exact) mass is 389 g/mol. The maximum absolute atomic E-state index is 11.7. The van der Waals surface area contributed by atoms with Crippen molar-refractivity contribution in [3.8, 4) is 11.1 Å². The van der Waals surface area contributed by atoms with E-state index < -0.39 is 0 Å². The highest BCUT2D eigenvalue weighted by atomic mass is 16.1. The van der Waals surface area contributed by atoms with Crippen molar-refractivity contribution in [2.24, 2.45) is 5.92 Å². The fourth-order valence-electron chi connectivity index (χ4n) is 4.40. The summed E-state index contributed by atoms with van der Waals surface area (Å²) in [5, 5.41) is 2.85. The van der Waals surface area contributed by atoms with Gasteiger partial charge >= 0.3 is 0 Å². The van der Waals surface area contributed by atoms with Gasteiger partial charge in [0.05, 0.1) is 0 Å². The molecule has 0 saturated heterocycles. The van der Waals surface area contributed by atoms with E-state index in [0.717, 1.165) is 17.5 Å². The molecule has 0 radical (unpaired) electrons. The molecule has 0 bridgehead atoms. The van der Waals surface area contributed by atoms with Crippen LogP contribution in [0.1, 0.15) is 76.7 Å². The summed E-state index contributed by atoms with van der Waals surface area (Å²) < 4.78 is 0. The maximum atomic E-state index is 11.7. The van der Waals surface area contributed by atoms with Gasteiger partial charge in [0.1, 0.15) is 0 Å². The van der Waals surface area contributed by atoms with Gasteiger partial charge in [0.15, 0.2) is 0 Å². The second kappa shape index (κ2) is 10.4. The first-order valence-electron chi connectivity index (χ1n) is 11.2. The molecule has 1 amide bonds. The van der Waals surface area contributed by atoms with Crippen LogP contribution < -0.4 is 5.32 Å². The Bertz CT molecular complexity index is 795. The van der Waals surface area contributed by atoms with Gasteiger partial charge < -0.3 is 5.32 Å². The van der Waals surface area contributed by atoms with E-state index in [9.17, 15) is 4.79 Å². The first-order valence-corrected chi connectivity index (χ1v) is 11.2. The van der Waals surface area contributed by atoms with Crippen LogP contribution in [0.15, 0.2) is 60.7 Å². The summed E-state index contributed by atoms with van der Waals surface area (Å²) in [4.78, 5) is 11.7. The zero-order valence-electron chi connectivity index (χ0n) is 18.0. The lowest BCUT2D eigenvalue weighted by Gasteiger charge is -2.29. The van der Waals surface area contributed by atoms with Crippen LogP contribution in [0.2, 0.25) is 0 Å². The summed E-state index contributed by atoms with van der Waals surface area (Å²) in [6.07, 6.45) is 11.0. The van der Waals surface area contributed by atoms with E-state index in [1.807, 2.05) is 12.1 Å². The minimum absolute atomic E-state index is 0.137. The molecule has 0 unspecified atom stereocenters. The summed E-state index contributed by atoms with van der Waals surface area (Å²) in [5.41, 5.74) is 5.20.